The number of benzene rings is 1. The molecule has 1 aromatic carbocycles. The Kier molecular flexibility index (Phi) is 4.59. The van der Waals surface area contributed by atoms with Crippen LogP contribution in [0.5, 0.6) is 0 Å². The third-order valence-electron chi connectivity index (χ3n) is 2.76. The average Bonchev–Trinajstić information content (AvgIpc) is 2.78. The zero-order valence-corrected chi connectivity index (χ0v) is 13.1. The number of carbonyl (C=O) groups is 1. The van der Waals surface area contributed by atoms with Crippen LogP contribution in [-0.4, -0.2) is 10.2 Å². The molecule has 2 rings (SSSR count). The Hall–Kier alpha value is -1.92. The number of aryl methyl sites for hydroxylation is 1. The van der Waals surface area contributed by atoms with E-state index in [1.54, 1.807) is 12.1 Å². The van der Waals surface area contributed by atoms with E-state index in [9.17, 15) is 14.9 Å². The topological polar surface area (TPSA) is 73.3 Å². The lowest BCUT2D eigenvalue weighted by atomic mass is 10.1. The van der Waals surface area contributed by atoms with Gasteiger partial charge in [0.2, 0.25) is 5.24 Å². The van der Waals surface area contributed by atoms with Crippen molar-refractivity contribution in [3.63, 3.8) is 0 Å². The molecule has 7 heteroatoms. The van der Waals surface area contributed by atoms with Crippen molar-refractivity contribution in [2.75, 3.05) is 0 Å². The van der Waals surface area contributed by atoms with Gasteiger partial charge in [0.05, 0.1) is 9.40 Å². The van der Waals surface area contributed by atoms with Crippen molar-refractivity contribution in [2.24, 2.45) is 0 Å². The maximum absolute atomic E-state index is 10.9. The maximum Gasteiger partial charge on any atom is 0.270 e. The van der Waals surface area contributed by atoms with Crippen molar-refractivity contribution in [3.05, 3.63) is 56.3 Å². The van der Waals surface area contributed by atoms with Crippen molar-refractivity contribution in [1.82, 2.24) is 0 Å². The largest absolute Gasteiger partial charge is 0.455 e. The number of allylic oxidation sites excluding steroid dienone is 1. The Bertz CT molecular complexity index is 751. The van der Waals surface area contributed by atoms with Crippen LogP contribution in [0.3, 0.4) is 0 Å². The highest BCUT2D eigenvalue weighted by atomic mass is 79.9. The van der Waals surface area contributed by atoms with Gasteiger partial charge in [-0.15, -0.1) is 0 Å². The molecule has 0 saturated heterocycles. The molecule has 0 fully saturated rings. The van der Waals surface area contributed by atoms with Crippen molar-refractivity contribution in [2.45, 2.75) is 6.92 Å². The van der Waals surface area contributed by atoms with E-state index < -0.39 is 10.2 Å². The van der Waals surface area contributed by atoms with Crippen molar-refractivity contribution in [3.8, 4) is 11.3 Å². The van der Waals surface area contributed by atoms with Gasteiger partial charge in [0, 0.05) is 23.8 Å². The Morgan fingerprint density at radius 2 is 2.14 bits per heavy atom. The van der Waals surface area contributed by atoms with Crippen LogP contribution in [0.25, 0.3) is 17.4 Å². The Labute approximate surface area is 133 Å². The molecule has 0 spiro atoms. The van der Waals surface area contributed by atoms with Gasteiger partial charge in [-0.1, -0.05) is 6.07 Å². The predicted octanol–water partition coefficient (Wildman–Crippen LogP) is 4.70. The fraction of sp³-hybridized carbons (Fsp3) is 0.0714. The van der Waals surface area contributed by atoms with Gasteiger partial charge in [0.25, 0.3) is 5.69 Å². The van der Waals surface area contributed by atoms with E-state index in [2.05, 4.69) is 15.9 Å². The van der Waals surface area contributed by atoms with E-state index >= 15 is 0 Å². The van der Waals surface area contributed by atoms with Gasteiger partial charge >= 0.3 is 0 Å². The standard InChI is InChI=1S/C14H9BrClNO4/c1-8-2-3-9(17(19)20)6-11(8)14-12(15)7-10(21-14)4-5-13(16)18/h2-7H,1H3/b5-4+. The van der Waals surface area contributed by atoms with Gasteiger partial charge in [0.15, 0.2) is 0 Å². The van der Waals surface area contributed by atoms with Gasteiger partial charge in [0.1, 0.15) is 11.5 Å². The predicted molar refractivity (Wildman–Crippen MR) is 83.1 cm³/mol. The molecule has 0 radical (unpaired) electrons. The van der Waals surface area contributed by atoms with Crippen LogP contribution < -0.4 is 0 Å². The highest BCUT2D eigenvalue weighted by molar-refractivity contribution is 9.10. The summed E-state index contributed by atoms with van der Waals surface area (Å²) in [4.78, 5) is 21.1. The number of nitrogens with zero attached hydrogens (tertiary/aromatic N) is 1. The van der Waals surface area contributed by atoms with Gasteiger partial charge in [-0.3, -0.25) is 14.9 Å². The summed E-state index contributed by atoms with van der Waals surface area (Å²) in [5.41, 5.74) is 1.42. The second kappa shape index (κ2) is 6.24. The van der Waals surface area contributed by atoms with Crippen molar-refractivity contribution >= 4 is 44.5 Å². The van der Waals surface area contributed by atoms with E-state index in [-0.39, 0.29) is 5.69 Å². The van der Waals surface area contributed by atoms with Crippen LogP contribution in [0, 0.1) is 17.0 Å². The number of carbonyl (C=O) groups excluding carboxylic acids is 1. The monoisotopic (exact) mass is 369 g/mol. The van der Waals surface area contributed by atoms with E-state index in [4.69, 9.17) is 16.0 Å². The molecule has 0 N–H and O–H groups in total. The Morgan fingerprint density at radius 1 is 1.43 bits per heavy atom. The molecule has 0 amide bonds. The molecular formula is C14H9BrClNO4. The molecule has 0 aliphatic heterocycles. The summed E-state index contributed by atoms with van der Waals surface area (Å²) in [5.74, 6) is 0.870. The van der Waals surface area contributed by atoms with Gasteiger partial charge < -0.3 is 4.42 Å². The molecule has 108 valence electrons. The lowest BCUT2D eigenvalue weighted by Crippen LogP contribution is -1.90. The number of non-ortho nitro benzene ring substituents is 1. The zero-order chi connectivity index (χ0) is 15.6. The molecule has 5 nitrogen and oxygen atoms in total. The Morgan fingerprint density at radius 3 is 2.76 bits per heavy atom. The molecular weight excluding hydrogens is 362 g/mol. The van der Waals surface area contributed by atoms with Crippen LogP contribution in [0.15, 0.2) is 39.2 Å². The number of halogens is 2. The average molecular weight is 371 g/mol. The van der Waals surface area contributed by atoms with Crippen molar-refractivity contribution in [1.29, 1.82) is 0 Å². The van der Waals surface area contributed by atoms with E-state index in [1.807, 2.05) is 6.92 Å². The summed E-state index contributed by atoms with van der Waals surface area (Å²) in [6.07, 6.45) is 2.59. The molecule has 0 atom stereocenters. The first-order valence-corrected chi connectivity index (χ1v) is 6.98. The van der Waals surface area contributed by atoms with Gasteiger partial charge in [-0.05, 0) is 52.2 Å². The smallest absolute Gasteiger partial charge is 0.270 e. The van der Waals surface area contributed by atoms with Crippen LogP contribution in [0.1, 0.15) is 11.3 Å². The fourth-order valence-electron chi connectivity index (χ4n) is 1.77. The molecule has 21 heavy (non-hydrogen) atoms. The number of nitro benzene ring substituents is 1. The highest BCUT2D eigenvalue weighted by Gasteiger charge is 2.16. The molecule has 0 unspecified atom stereocenters. The summed E-state index contributed by atoms with van der Waals surface area (Å²) >= 11 is 8.56. The first-order valence-electron chi connectivity index (χ1n) is 5.81. The molecule has 0 saturated carbocycles. The number of hydrogen-bond acceptors (Lipinski definition) is 4. The summed E-state index contributed by atoms with van der Waals surface area (Å²) in [6, 6.07) is 6.19. The molecule has 0 bridgehead atoms. The number of rotatable bonds is 4. The molecule has 2 aromatic rings. The maximum atomic E-state index is 10.9. The number of nitro groups is 1. The first kappa shape index (κ1) is 15.5. The molecule has 1 aromatic heterocycles. The first-order chi connectivity index (χ1) is 9.88. The van der Waals surface area contributed by atoms with E-state index in [0.717, 1.165) is 11.6 Å². The zero-order valence-electron chi connectivity index (χ0n) is 10.8. The number of hydrogen-bond donors (Lipinski definition) is 0. The van der Waals surface area contributed by atoms with Crippen LogP contribution in [-0.2, 0) is 4.79 Å². The Balaban J connectivity index is 2.49. The minimum Gasteiger partial charge on any atom is -0.455 e. The SMILES string of the molecule is Cc1ccc([N+](=O)[O-])cc1-c1oc(/C=C/C(=O)Cl)cc1Br. The van der Waals surface area contributed by atoms with Crippen LogP contribution >= 0.6 is 27.5 Å². The summed E-state index contributed by atoms with van der Waals surface area (Å²) < 4.78 is 6.23. The third-order valence-corrected chi connectivity index (χ3v) is 3.48. The number of furan rings is 1. The van der Waals surface area contributed by atoms with Crippen LogP contribution in [0.2, 0.25) is 0 Å². The van der Waals surface area contributed by atoms with Crippen LogP contribution in [0.4, 0.5) is 5.69 Å². The van der Waals surface area contributed by atoms with E-state index in [0.29, 0.717) is 21.6 Å². The van der Waals surface area contributed by atoms with Crippen molar-refractivity contribution < 1.29 is 14.1 Å². The molecule has 0 aliphatic carbocycles. The minimum absolute atomic E-state index is 0.0214. The minimum atomic E-state index is -0.615. The van der Waals surface area contributed by atoms with E-state index in [1.165, 1.54) is 18.2 Å². The summed E-state index contributed by atoms with van der Waals surface area (Å²) in [6.45, 7) is 1.83. The highest BCUT2D eigenvalue weighted by Crippen LogP contribution is 2.35. The summed E-state index contributed by atoms with van der Waals surface area (Å²) in [7, 11) is 0. The molecule has 1 heterocycles. The van der Waals surface area contributed by atoms with Gasteiger partial charge in [-0.2, -0.15) is 0 Å². The normalized spacial score (nSPS) is 11.0. The molecule has 0 aliphatic rings. The lowest BCUT2D eigenvalue weighted by Gasteiger charge is -2.03. The second-order valence-corrected chi connectivity index (χ2v) is 5.45. The summed E-state index contributed by atoms with van der Waals surface area (Å²) in [5, 5.41) is 10.2. The quantitative estimate of drug-likeness (QED) is 0.338. The van der Waals surface area contributed by atoms with Gasteiger partial charge in [-0.25, -0.2) is 0 Å². The third kappa shape index (κ3) is 3.59. The lowest BCUT2D eigenvalue weighted by molar-refractivity contribution is -0.384. The second-order valence-electron chi connectivity index (χ2n) is 4.22. The fourth-order valence-corrected chi connectivity index (χ4v) is 2.35.